The van der Waals surface area contributed by atoms with Crippen molar-refractivity contribution < 1.29 is 9.47 Å². The van der Waals surface area contributed by atoms with Gasteiger partial charge < -0.3 is 14.8 Å². The van der Waals surface area contributed by atoms with Gasteiger partial charge in [0.05, 0.1) is 12.8 Å². The summed E-state index contributed by atoms with van der Waals surface area (Å²) in [4.78, 5) is 0. The van der Waals surface area contributed by atoms with Crippen LogP contribution >= 0.6 is 0 Å². The molecule has 5 heteroatoms. The lowest BCUT2D eigenvalue weighted by Gasteiger charge is -2.13. The number of nitrogens with zero attached hydrogens (tertiary/aromatic N) is 2. The first-order chi connectivity index (χ1) is 10.2. The molecule has 0 atom stereocenters. The number of hydrogen-bond donors (Lipinski definition) is 1. The fraction of sp³-hybridized carbons (Fsp3) is 0.438. The van der Waals surface area contributed by atoms with Crippen molar-refractivity contribution in [2.75, 3.05) is 7.11 Å². The van der Waals surface area contributed by atoms with E-state index >= 15 is 0 Å². The molecule has 21 heavy (non-hydrogen) atoms. The summed E-state index contributed by atoms with van der Waals surface area (Å²) < 4.78 is 13.0. The molecule has 0 aliphatic heterocycles. The van der Waals surface area contributed by atoms with Crippen molar-refractivity contribution in [3.63, 3.8) is 0 Å². The molecule has 0 unspecified atom stereocenters. The fourth-order valence-corrected chi connectivity index (χ4v) is 2.20. The topological polar surface area (TPSA) is 48.3 Å². The van der Waals surface area contributed by atoms with Gasteiger partial charge in [0.25, 0.3) is 0 Å². The summed E-state index contributed by atoms with van der Waals surface area (Å²) in [5.74, 6) is 1.74. The Labute approximate surface area is 124 Å². The number of hydrogen-bond acceptors (Lipinski definition) is 4. The molecule has 1 saturated carbocycles. The van der Waals surface area contributed by atoms with E-state index in [1.54, 1.807) is 11.8 Å². The van der Waals surface area contributed by atoms with Crippen LogP contribution in [0.1, 0.15) is 24.1 Å². The molecule has 1 heterocycles. The zero-order valence-corrected chi connectivity index (χ0v) is 12.5. The summed E-state index contributed by atoms with van der Waals surface area (Å²) in [6.45, 7) is 1.28. The predicted octanol–water partition coefficient (Wildman–Crippen LogP) is 2.26. The van der Waals surface area contributed by atoms with E-state index < -0.39 is 0 Å². The van der Waals surface area contributed by atoms with Gasteiger partial charge in [0.2, 0.25) is 0 Å². The van der Waals surface area contributed by atoms with Gasteiger partial charge in [-0.2, -0.15) is 5.10 Å². The highest BCUT2D eigenvalue weighted by Gasteiger charge is 2.20. The average molecular weight is 287 g/mol. The van der Waals surface area contributed by atoms with Crippen LogP contribution < -0.4 is 14.8 Å². The van der Waals surface area contributed by atoms with E-state index in [0.29, 0.717) is 12.6 Å². The first-order valence-electron chi connectivity index (χ1n) is 7.26. The third-order valence-electron chi connectivity index (χ3n) is 3.57. The Balaban J connectivity index is 1.69. The standard InChI is InChI=1S/C16H21N3O2/c1-19-8-7-14(18-19)11-21-16-6-5-15(20-2)9-12(16)10-17-13-3-4-13/h5-9,13,17H,3-4,10-11H2,1-2H3. The van der Waals surface area contributed by atoms with Gasteiger partial charge in [-0.1, -0.05) is 0 Å². The summed E-state index contributed by atoms with van der Waals surface area (Å²) in [7, 11) is 3.59. The molecule has 1 aromatic carbocycles. The summed E-state index contributed by atoms with van der Waals surface area (Å²) in [5.41, 5.74) is 2.05. The number of rotatable bonds is 7. The smallest absolute Gasteiger partial charge is 0.132 e. The molecule has 0 bridgehead atoms. The van der Waals surface area contributed by atoms with Crippen LogP contribution in [0, 0.1) is 0 Å². The van der Waals surface area contributed by atoms with Crippen LogP contribution in [0.15, 0.2) is 30.5 Å². The maximum atomic E-state index is 5.92. The number of methoxy groups -OCH3 is 1. The second-order valence-corrected chi connectivity index (χ2v) is 5.40. The first-order valence-corrected chi connectivity index (χ1v) is 7.26. The van der Waals surface area contributed by atoms with Gasteiger partial charge >= 0.3 is 0 Å². The van der Waals surface area contributed by atoms with Crippen molar-refractivity contribution in [2.24, 2.45) is 7.05 Å². The van der Waals surface area contributed by atoms with E-state index in [1.807, 2.05) is 37.5 Å². The summed E-state index contributed by atoms with van der Waals surface area (Å²) in [6.07, 6.45) is 4.46. The second kappa shape index (κ2) is 6.18. The minimum atomic E-state index is 0.476. The zero-order valence-electron chi connectivity index (χ0n) is 12.5. The Morgan fingerprint density at radius 3 is 2.86 bits per heavy atom. The minimum Gasteiger partial charge on any atom is -0.497 e. The maximum Gasteiger partial charge on any atom is 0.132 e. The molecule has 2 aromatic rings. The van der Waals surface area contributed by atoms with Gasteiger partial charge in [-0.25, -0.2) is 0 Å². The third-order valence-corrected chi connectivity index (χ3v) is 3.57. The molecule has 1 aromatic heterocycles. The Kier molecular flexibility index (Phi) is 4.10. The van der Waals surface area contributed by atoms with Gasteiger partial charge in [0.1, 0.15) is 18.1 Å². The molecule has 1 aliphatic rings. The fourth-order valence-electron chi connectivity index (χ4n) is 2.20. The van der Waals surface area contributed by atoms with Crippen LogP contribution in [-0.4, -0.2) is 22.9 Å². The quantitative estimate of drug-likeness (QED) is 0.848. The van der Waals surface area contributed by atoms with Gasteiger partial charge in [0, 0.05) is 31.4 Å². The van der Waals surface area contributed by atoms with Crippen LogP contribution in [0.2, 0.25) is 0 Å². The highest BCUT2D eigenvalue weighted by Crippen LogP contribution is 2.26. The SMILES string of the molecule is COc1ccc(OCc2ccn(C)n2)c(CNC2CC2)c1. The molecule has 3 rings (SSSR count). The zero-order chi connectivity index (χ0) is 14.7. The molecule has 1 N–H and O–H groups in total. The van der Waals surface area contributed by atoms with Crippen LogP contribution in [0.4, 0.5) is 0 Å². The Morgan fingerprint density at radius 2 is 2.19 bits per heavy atom. The predicted molar refractivity (Wildman–Crippen MR) is 80.4 cm³/mol. The molecule has 0 amide bonds. The van der Waals surface area contributed by atoms with Crippen molar-refractivity contribution in [2.45, 2.75) is 32.0 Å². The monoisotopic (exact) mass is 287 g/mol. The number of nitrogens with one attached hydrogen (secondary N) is 1. The molecule has 112 valence electrons. The van der Waals surface area contributed by atoms with Crippen LogP contribution in [0.5, 0.6) is 11.5 Å². The second-order valence-electron chi connectivity index (χ2n) is 5.40. The number of ether oxygens (including phenoxy) is 2. The average Bonchev–Trinajstić information content (AvgIpc) is 3.24. The molecule has 1 aliphatic carbocycles. The van der Waals surface area contributed by atoms with Crippen LogP contribution in [-0.2, 0) is 20.2 Å². The molecule has 0 radical (unpaired) electrons. The summed E-state index contributed by atoms with van der Waals surface area (Å²) in [6, 6.07) is 8.55. The van der Waals surface area contributed by atoms with E-state index in [1.165, 1.54) is 12.8 Å². The highest BCUT2D eigenvalue weighted by atomic mass is 16.5. The van der Waals surface area contributed by atoms with Crippen molar-refractivity contribution in [1.82, 2.24) is 15.1 Å². The van der Waals surface area contributed by atoms with Gasteiger partial charge in [-0.05, 0) is 37.1 Å². The van der Waals surface area contributed by atoms with Crippen LogP contribution in [0.25, 0.3) is 0 Å². The number of aromatic nitrogens is 2. The first kappa shape index (κ1) is 13.9. The maximum absolute atomic E-state index is 5.92. The summed E-state index contributed by atoms with van der Waals surface area (Å²) >= 11 is 0. The molecule has 1 fully saturated rings. The third kappa shape index (κ3) is 3.76. The van der Waals surface area contributed by atoms with Gasteiger partial charge in [-0.3, -0.25) is 4.68 Å². The normalized spacial score (nSPS) is 14.2. The Hall–Kier alpha value is -2.01. The minimum absolute atomic E-state index is 0.476. The van der Waals surface area contributed by atoms with Crippen molar-refractivity contribution in [3.05, 3.63) is 41.7 Å². The molecule has 0 spiro atoms. The van der Waals surface area contributed by atoms with E-state index in [4.69, 9.17) is 9.47 Å². The van der Waals surface area contributed by atoms with E-state index in [2.05, 4.69) is 10.4 Å². The molecular formula is C16H21N3O2. The Bertz CT molecular complexity index is 605. The number of aryl methyl sites for hydroxylation is 1. The largest absolute Gasteiger partial charge is 0.497 e. The molecular weight excluding hydrogens is 266 g/mol. The number of benzene rings is 1. The van der Waals surface area contributed by atoms with Gasteiger partial charge in [0.15, 0.2) is 0 Å². The lowest BCUT2D eigenvalue weighted by Crippen LogP contribution is -2.16. The van der Waals surface area contributed by atoms with Crippen molar-refractivity contribution in [1.29, 1.82) is 0 Å². The lowest BCUT2D eigenvalue weighted by molar-refractivity contribution is 0.295. The summed E-state index contributed by atoms with van der Waals surface area (Å²) in [5, 5.41) is 7.84. The van der Waals surface area contributed by atoms with E-state index in [9.17, 15) is 0 Å². The molecule has 5 nitrogen and oxygen atoms in total. The molecule has 0 saturated heterocycles. The lowest BCUT2D eigenvalue weighted by atomic mass is 10.2. The van der Waals surface area contributed by atoms with E-state index in [0.717, 1.165) is 29.3 Å². The van der Waals surface area contributed by atoms with Crippen LogP contribution in [0.3, 0.4) is 0 Å². The van der Waals surface area contributed by atoms with Crippen molar-refractivity contribution >= 4 is 0 Å². The highest BCUT2D eigenvalue weighted by molar-refractivity contribution is 5.40. The van der Waals surface area contributed by atoms with Crippen molar-refractivity contribution in [3.8, 4) is 11.5 Å². The van der Waals surface area contributed by atoms with E-state index in [-0.39, 0.29) is 0 Å². The Morgan fingerprint density at radius 1 is 1.33 bits per heavy atom. The van der Waals surface area contributed by atoms with Gasteiger partial charge in [-0.15, -0.1) is 0 Å².